The number of hydrogen-bond acceptors (Lipinski definition) is 4. The van der Waals surface area contributed by atoms with Crippen LogP contribution >= 0.6 is 11.3 Å². The fourth-order valence-electron chi connectivity index (χ4n) is 2.03. The lowest BCUT2D eigenvalue weighted by Gasteiger charge is -2.14. The summed E-state index contributed by atoms with van der Waals surface area (Å²) in [6.07, 6.45) is 0.915. The first kappa shape index (κ1) is 18.1. The first-order valence-electron chi connectivity index (χ1n) is 7.53. The number of ether oxygens (including phenoxy) is 1. The van der Waals surface area contributed by atoms with Crippen LogP contribution in [-0.2, 0) is 19.5 Å². The van der Waals surface area contributed by atoms with Gasteiger partial charge in [0.1, 0.15) is 5.75 Å². The van der Waals surface area contributed by atoms with Crippen molar-refractivity contribution in [3.05, 3.63) is 45.9 Å². The quantitative estimate of drug-likeness (QED) is 0.592. The molecule has 0 fully saturated rings. The molecule has 2 rings (SSSR count). The van der Waals surface area contributed by atoms with Crippen LogP contribution < -0.4 is 15.4 Å². The minimum Gasteiger partial charge on any atom is -0.434 e. The zero-order valence-corrected chi connectivity index (χ0v) is 14.4. The minimum atomic E-state index is -2.85. The summed E-state index contributed by atoms with van der Waals surface area (Å²) in [6.45, 7) is 0.0849. The maximum atomic E-state index is 12.4. The Morgan fingerprint density at radius 1 is 1.29 bits per heavy atom. The molecule has 0 spiro atoms. The molecule has 0 radical (unpaired) electrons. The molecule has 130 valence electrons. The largest absolute Gasteiger partial charge is 0.434 e. The SMILES string of the molecule is CCc1nc(CNC(=NC)NCc2ccccc2OC(F)F)cs1. The highest BCUT2D eigenvalue weighted by Gasteiger charge is 2.09. The number of aliphatic imine (C=N–C) groups is 1. The van der Waals surface area contributed by atoms with Gasteiger partial charge in [-0.2, -0.15) is 8.78 Å². The van der Waals surface area contributed by atoms with Gasteiger partial charge in [0.15, 0.2) is 5.96 Å². The molecule has 0 atom stereocenters. The number of guanidine groups is 1. The van der Waals surface area contributed by atoms with Crippen LogP contribution in [0.5, 0.6) is 5.75 Å². The van der Waals surface area contributed by atoms with E-state index in [1.54, 1.807) is 36.6 Å². The smallest absolute Gasteiger partial charge is 0.387 e. The van der Waals surface area contributed by atoms with E-state index in [2.05, 4.69) is 32.3 Å². The first-order chi connectivity index (χ1) is 11.6. The molecule has 0 saturated heterocycles. The summed E-state index contributed by atoms with van der Waals surface area (Å²) < 4.78 is 29.4. The molecule has 1 aromatic heterocycles. The molecular weight excluding hydrogens is 334 g/mol. The van der Waals surface area contributed by atoms with Crippen LogP contribution in [0.1, 0.15) is 23.2 Å². The van der Waals surface area contributed by atoms with Crippen LogP contribution in [0.25, 0.3) is 0 Å². The van der Waals surface area contributed by atoms with Gasteiger partial charge in [0.05, 0.1) is 17.2 Å². The molecule has 0 aliphatic rings. The lowest BCUT2D eigenvalue weighted by molar-refractivity contribution is -0.0504. The van der Waals surface area contributed by atoms with Crippen LogP contribution in [0.15, 0.2) is 34.6 Å². The fraction of sp³-hybridized carbons (Fsp3) is 0.375. The van der Waals surface area contributed by atoms with Gasteiger partial charge in [0, 0.05) is 24.5 Å². The number of aromatic nitrogens is 1. The Bertz CT molecular complexity index is 676. The van der Waals surface area contributed by atoms with Gasteiger partial charge in [-0.25, -0.2) is 4.98 Å². The Labute approximate surface area is 143 Å². The Kier molecular flexibility index (Phi) is 6.92. The van der Waals surface area contributed by atoms with Crippen molar-refractivity contribution >= 4 is 17.3 Å². The van der Waals surface area contributed by atoms with Crippen molar-refractivity contribution in [2.75, 3.05) is 7.05 Å². The molecule has 5 nitrogen and oxygen atoms in total. The summed E-state index contributed by atoms with van der Waals surface area (Å²) in [5.74, 6) is 0.718. The third-order valence-electron chi connectivity index (χ3n) is 3.20. The Morgan fingerprint density at radius 3 is 2.71 bits per heavy atom. The Hall–Kier alpha value is -2.22. The van der Waals surface area contributed by atoms with Gasteiger partial charge in [0.2, 0.25) is 0 Å². The van der Waals surface area contributed by atoms with E-state index in [0.29, 0.717) is 24.6 Å². The third kappa shape index (κ3) is 5.45. The monoisotopic (exact) mass is 354 g/mol. The molecule has 0 unspecified atom stereocenters. The summed E-state index contributed by atoms with van der Waals surface area (Å²) in [5, 5.41) is 9.32. The highest BCUT2D eigenvalue weighted by atomic mass is 32.1. The zero-order chi connectivity index (χ0) is 17.4. The van der Waals surface area contributed by atoms with Crippen LogP contribution in [-0.4, -0.2) is 24.6 Å². The van der Waals surface area contributed by atoms with Crippen LogP contribution in [0.3, 0.4) is 0 Å². The van der Waals surface area contributed by atoms with E-state index in [1.165, 1.54) is 6.07 Å². The van der Waals surface area contributed by atoms with Crippen molar-refractivity contribution in [2.24, 2.45) is 4.99 Å². The van der Waals surface area contributed by atoms with Gasteiger partial charge in [-0.05, 0) is 12.5 Å². The van der Waals surface area contributed by atoms with Crippen molar-refractivity contribution in [3.8, 4) is 5.75 Å². The van der Waals surface area contributed by atoms with Crippen molar-refractivity contribution in [1.82, 2.24) is 15.6 Å². The lowest BCUT2D eigenvalue weighted by Crippen LogP contribution is -2.36. The van der Waals surface area contributed by atoms with Gasteiger partial charge < -0.3 is 15.4 Å². The molecule has 0 aliphatic carbocycles. The van der Waals surface area contributed by atoms with Crippen molar-refractivity contribution in [1.29, 1.82) is 0 Å². The van der Waals surface area contributed by atoms with Crippen LogP contribution in [0.4, 0.5) is 8.78 Å². The number of rotatable bonds is 7. The lowest BCUT2D eigenvalue weighted by atomic mass is 10.2. The third-order valence-corrected chi connectivity index (χ3v) is 4.24. The topological polar surface area (TPSA) is 58.5 Å². The summed E-state index contributed by atoms with van der Waals surface area (Å²) >= 11 is 1.63. The second-order valence-electron chi connectivity index (χ2n) is 4.85. The summed E-state index contributed by atoms with van der Waals surface area (Å²) in [7, 11) is 1.65. The predicted molar refractivity (Wildman–Crippen MR) is 91.6 cm³/mol. The van der Waals surface area contributed by atoms with Gasteiger partial charge >= 0.3 is 6.61 Å². The van der Waals surface area contributed by atoms with Crippen LogP contribution in [0.2, 0.25) is 0 Å². The van der Waals surface area contributed by atoms with Gasteiger partial charge in [-0.15, -0.1) is 11.3 Å². The molecule has 0 bridgehead atoms. The number of alkyl halides is 2. The fourth-order valence-corrected chi connectivity index (χ4v) is 2.77. The number of aryl methyl sites for hydroxylation is 1. The predicted octanol–water partition coefficient (Wildman–Crippen LogP) is 3.17. The second kappa shape index (κ2) is 9.17. The zero-order valence-electron chi connectivity index (χ0n) is 13.6. The van der Waals surface area contributed by atoms with Gasteiger partial charge in [0.25, 0.3) is 0 Å². The number of thiazole rings is 1. The summed E-state index contributed by atoms with van der Waals surface area (Å²) in [6, 6.07) is 6.67. The number of hydrogen-bond donors (Lipinski definition) is 2. The van der Waals surface area contributed by atoms with E-state index < -0.39 is 6.61 Å². The molecule has 1 heterocycles. The summed E-state index contributed by atoms with van der Waals surface area (Å²) in [5.41, 5.74) is 1.57. The highest BCUT2D eigenvalue weighted by molar-refractivity contribution is 7.09. The molecule has 2 N–H and O–H groups in total. The number of nitrogens with zero attached hydrogens (tertiary/aromatic N) is 2. The number of benzene rings is 1. The number of halogens is 2. The van der Waals surface area contributed by atoms with Crippen LogP contribution in [0, 0.1) is 0 Å². The van der Waals surface area contributed by atoms with E-state index in [9.17, 15) is 8.78 Å². The van der Waals surface area contributed by atoms with Crippen molar-refractivity contribution in [3.63, 3.8) is 0 Å². The molecule has 2 aromatic rings. The molecule has 0 saturated carbocycles. The molecule has 1 aromatic carbocycles. The highest BCUT2D eigenvalue weighted by Crippen LogP contribution is 2.19. The summed E-state index contributed by atoms with van der Waals surface area (Å²) in [4.78, 5) is 8.59. The standard InChI is InChI=1S/C16H20F2N4OS/c1-3-14-22-12(10-24-14)9-21-16(19-2)20-8-11-6-4-5-7-13(11)23-15(17)18/h4-7,10,15H,3,8-9H2,1-2H3,(H2,19,20,21). The minimum absolute atomic E-state index is 0.155. The molecule has 0 aliphatic heterocycles. The Morgan fingerprint density at radius 2 is 2.04 bits per heavy atom. The van der Waals surface area contributed by atoms with Gasteiger partial charge in [-0.1, -0.05) is 25.1 Å². The molecule has 8 heteroatoms. The van der Waals surface area contributed by atoms with E-state index in [-0.39, 0.29) is 5.75 Å². The maximum absolute atomic E-state index is 12.4. The second-order valence-corrected chi connectivity index (χ2v) is 5.79. The molecule has 0 amide bonds. The van der Waals surface area contributed by atoms with Gasteiger partial charge in [-0.3, -0.25) is 4.99 Å². The molecular formula is C16H20F2N4OS. The normalized spacial score (nSPS) is 11.6. The van der Waals surface area contributed by atoms with Crippen molar-refractivity contribution < 1.29 is 13.5 Å². The number of para-hydroxylation sites is 1. The average molecular weight is 354 g/mol. The van der Waals surface area contributed by atoms with E-state index in [4.69, 9.17) is 0 Å². The average Bonchev–Trinajstić information content (AvgIpc) is 3.04. The Balaban J connectivity index is 1.89. The van der Waals surface area contributed by atoms with Crippen molar-refractivity contribution in [2.45, 2.75) is 33.0 Å². The van der Waals surface area contributed by atoms with E-state index in [0.717, 1.165) is 17.1 Å². The van der Waals surface area contributed by atoms with E-state index >= 15 is 0 Å². The maximum Gasteiger partial charge on any atom is 0.387 e. The molecule has 24 heavy (non-hydrogen) atoms. The van der Waals surface area contributed by atoms with E-state index in [1.807, 2.05) is 5.38 Å². The number of nitrogens with one attached hydrogen (secondary N) is 2. The first-order valence-corrected chi connectivity index (χ1v) is 8.40.